The van der Waals surface area contributed by atoms with Gasteiger partial charge in [0.2, 0.25) is 0 Å². The Morgan fingerprint density at radius 3 is 2.26 bits per heavy atom. The molecule has 0 aromatic heterocycles. The number of benzene rings is 3. The lowest BCUT2D eigenvalue weighted by Gasteiger charge is -2.13. The molecule has 0 aliphatic heterocycles. The quantitative estimate of drug-likeness (QED) is 0.504. The topological polar surface area (TPSA) is 54.4 Å². The van der Waals surface area contributed by atoms with Crippen LogP contribution in [0.2, 0.25) is 10.0 Å². The number of sulfone groups is 1. The van der Waals surface area contributed by atoms with Gasteiger partial charge in [-0.25, -0.2) is 8.42 Å². The normalized spacial score (nSPS) is 11.3. The summed E-state index contributed by atoms with van der Waals surface area (Å²) in [6.07, 6.45) is 0. The molecule has 0 aliphatic carbocycles. The molecular weight excluding hydrogens is 403 g/mol. The Hall–Kier alpha value is -2.27. The highest BCUT2D eigenvalue weighted by atomic mass is 35.5. The van der Waals surface area contributed by atoms with E-state index < -0.39 is 9.84 Å². The van der Waals surface area contributed by atoms with Crippen LogP contribution < -0.4 is 0 Å². The molecule has 3 rings (SSSR count). The summed E-state index contributed by atoms with van der Waals surface area (Å²) in [6.45, 7) is 3.54. The van der Waals surface area contributed by atoms with Gasteiger partial charge in [-0.15, -0.1) is 0 Å². The Labute approximate surface area is 168 Å². The minimum atomic E-state index is -3.76. The first-order valence-electron chi connectivity index (χ1n) is 8.02. The van der Waals surface area contributed by atoms with Gasteiger partial charge in [0.15, 0.2) is 9.84 Å². The van der Waals surface area contributed by atoms with Gasteiger partial charge in [0, 0.05) is 10.6 Å². The van der Waals surface area contributed by atoms with Crippen molar-refractivity contribution in [3.8, 4) is 11.1 Å². The van der Waals surface area contributed by atoms with Gasteiger partial charge in [-0.2, -0.15) is 0 Å². The van der Waals surface area contributed by atoms with Crippen molar-refractivity contribution in [2.45, 2.75) is 10.6 Å². The average Bonchev–Trinajstić information content (AvgIpc) is 2.61. The minimum absolute atomic E-state index is 0.00631. The number of rotatable bonds is 5. The molecule has 0 heterocycles. The summed E-state index contributed by atoms with van der Waals surface area (Å²) < 4.78 is 25.8. The maximum Gasteiger partial charge on any atom is 0.184 e. The third-order valence-corrected chi connectivity index (χ3v) is 6.47. The lowest BCUT2D eigenvalue weighted by atomic mass is 9.99. The van der Waals surface area contributed by atoms with Crippen LogP contribution in [0.4, 0.5) is 0 Å². The van der Waals surface area contributed by atoms with E-state index in [1.54, 1.807) is 12.1 Å². The predicted molar refractivity (Wildman–Crippen MR) is 111 cm³/mol. The summed E-state index contributed by atoms with van der Waals surface area (Å²) in [5, 5.41) is 10.3. The summed E-state index contributed by atoms with van der Waals surface area (Å²) >= 11 is 11.9. The van der Waals surface area contributed by atoms with Crippen molar-refractivity contribution < 1.29 is 13.5 Å². The van der Waals surface area contributed by atoms with Crippen LogP contribution in [0, 0.1) is 0 Å². The molecule has 0 atom stereocenters. The first-order valence-corrected chi connectivity index (χ1v) is 10.4. The maximum atomic E-state index is 12.9. The van der Waals surface area contributed by atoms with E-state index in [2.05, 4.69) is 6.58 Å². The number of hydrogen-bond acceptors (Lipinski definition) is 3. The van der Waals surface area contributed by atoms with Crippen LogP contribution in [0.15, 0.2) is 78.2 Å². The first-order chi connectivity index (χ1) is 12.8. The zero-order chi connectivity index (χ0) is 19.6. The van der Waals surface area contributed by atoms with Crippen LogP contribution in [-0.4, -0.2) is 13.5 Å². The Morgan fingerprint density at radius 1 is 0.926 bits per heavy atom. The van der Waals surface area contributed by atoms with Crippen LogP contribution in [0.3, 0.4) is 0 Å². The third-order valence-electron chi connectivity index (χ3n) is 4.10. The van der Waals surface area contributed by atoms with E-state index in [0.29, 0.717) is 16.1 Å². The van der Waals surface area contributed by atoms with Crippen molar-refractivity contribution in [2.24, 2.45) is 0 Å². The molecule has 0 aliphatic rings. The van der Waals surface area contributed by atoms with E-state index in [-0.39, 0.29) is 21.4 Å². The second kappa shape index (κ2) is 7.77. The standard InChI is InChI=1S/C21H16Cl2O3S/c1-14(24)19-9-7-16(15-5-3-2-4-6-15)11-17(19)13-27(25,26)21-10-8-18(22)12-20(21)23/h2-12,24H,1,13H2. The molecule has 27 heavy (non-hydrogen) atoms. The monoisotopic (exact) mass is 418 g/mol. The largest absolute Gasteiger partial charge is 0.508 e. The van der Waals surface area contributed by atoms with Crippen molar-refractivity contribution in [3.63, 3.8) is 0 Å². The highest BCUT2D eigenvalue weighted by Crippen LogP contribution is 2.31. The molecule has 3 aromatic carbocycles. The average molecular weight is 419 g/mol. The zero-order valence-corrected chi connectivity index (χ0v) is 16.5. The van der Waals surface area contributed by atoms with Crippen LogP contribution in [0.1, 0.15) is 11.1 Å². The second-order valence-corrected chi connectivity index (χ2v) is 8.82. The number of aliphatic hydroxyl groups excluding tert-OH is 1. The van der Waals surface area contributed by atoms with E-state index in [1.807, 2.05) is 36.4 Å². The third kappa shape index (κ3) is 4.35. The summed E-state index contributed by atoms with van der Waals surface area (Å²) in [5.74, 6) is -0.522. The van der Waals surface area contributed by atoms with Crippen LogP contribution in [0.25, 0.3) is 16.9 Å². The number of halogens is 2. The smallest absolute Gasteiger partial charge is 0.184 e. The molecular formula is C21H16Cl2O3S. The molecule has 0 saturated heterocycles. The van der Waals surface area contributed by atoms with E-state index >= 15 is 0 Å². The molecule has 138 valence electrons. The van der Waals surface area contributed by atoms with Crippen molar-refractivity contribution >= 4 is 38.8 Å². The zero-order valence-electron chi connectivity index (χ0n) is 14.2. The van der Waals surface area contributed by atoms with Crippen LogP contribution in [-0.2, 0) is 15.6 Å². The predicted octanol–water partition coefficient (Wildman–Crippen LogP) is 6.16. The fraction of sp³-hybridized carbons (Fsp3) is 0.0476. The van der Waals surface area contributed by atoms with Gasteiger partial charge < -0.3 is 5.11 Å². The fourth-order valence-electron chi connectivity index (χ4n) is 2.81. The highest BCUT2D eigenvalue weighted by molar-refractivity contribution is 7.90. The molecule has 0 amide bonds. The van der Waals surface area contributed by atoms with Gasteiger partial charge in [0.1, 0.15) is 5.76 Å². The number of hydrogen-bond donors (Lipinski definition) is 1. The van der Waals surface area contributed by atoms with E-state index in [4.69, 9.17) is 23.2 Å². The molecule has 0 fully saturated rings. The van der Waals surface area contributed by atoms with E-state index in [0.717, 1.165) is 11.1 Å². The van der Waals surface area contributed by atoms with E-state index in [1.165, 1.54) is 18.2 Å². The Bertz CT molecular complexity index is 1110. The van der Waals surface area contributed by atoms with E-state index in [9.17, 15) is 13.5 Å². The van der Waals surface area contributed by atoms with Crippen LogP contribution >= 0.6 is 23.2 Å². The van der Waals surface area contributed by atoms with Crippen molar-refractivity contribution in [3.05, 3.63) is 94.5 Å². The first kappa shape index (κ1) is 19.5. The lowest BCUT2D eigenvalue weighted by Crippen LogP contribution is -2.08. The molecule has 3 aromatic rings. The second-order valence-electron chi connectivity index (χ2n) is 6.02. The van der Waals surface area contributed by atoms with Crippen molar-refractivity contribution in [1.82, 2.24) is 0 Å². The van der Waals surface area contributed by atoms with Crippen LogP contribution in [0.5, 0.6) is 0 Å². The fourth-order valence-corrected chi connectivity index (χ4v) is 5.01. The van der Waals surface area contributed by atoms with Gasteiger partial charge in [-0.1, -0.05) is 72.2 Å². The molecule has 0 bridgehead atoms. The van der Waals surface area contributed by atoms with Gasteiger partial charge in [-0.05, 0) is 41.0 Å². The molecule has 0 radical (unpaired) electrons. The Morgan fingerprint density at radius 2 is 1.63 bits per heavy atom. The van der Waals surface area contributed by atoms with Gasteiger partial charge >= 0.3 is 0 Å². The summed E-state index contributed by atoms with van der Waals surface area (Å²) in [7, 11) is -3.76. The Kier molecular flexibility index (Phi) is 5.61. The number of aliphatic hydroxyl groups is 1. The molecule has 0 saturated carbocycles. The lowest BCUT2D eigenvalue weighted by molar-refractivity contribution is 0.513. The highest BCUT2D eigenvalue weighted by Gasteiger charge is 2.21. The SMILES string of the molecule is C=C(O)c1ccc(-c2ccccc2)cc1CS(=O)(=O)c1ccc(Cl)cc1Cl. The molecule has 3 nitrogen and oxygen atoms in total. The summed E-state index contributed by atoms with van der Waals surface area (Å²) in [5.41, 5.74) is 2.60. The maximum absolute atomic E-state index is 12.9. The molecule has 0 spiro atoms. The molecule has 6 heteroatoms. The van der Waals surface area contributed by atoms with Crippen molar-refractivity contribution in [1.29, 1.82) is 0 Å². The summed E-state index contributed by atoms with van der Waals surface area (Å²) in [6, 6.07) is 19.0. The summed E-state index contributed by atoms with van der Waals surface area (Å²) in [4.78, 5) is -0.00631. The van der Waals surface area contributed by atoms with Gasteiger partial charge in [0.25, 0.3) is 0 Å². The Balaban J connectivity index is 2.08. The van der Waals surface area contributed by atoms with Gasteiger partial charge in [0.05, 0.1) is 15.7 Å². The molecule has 0 unspecified atom stereocenters. The minimum Gasteiger partial charge on any atom is -0.508 e. The van der Waals surface area contributed by atoms with Crippen molar-refractivity contribution in [2.75, 3.05) is 0 Å². The van der Waals surface area contributed by atoms with Gasteiger partial charge in [-0.3, -0.25) is 0 Å². The molecule has 1 N–H and O–H groups in total.